The van der Waals surface area contributed by atoms with Gasteiger partial charge in [0.05, 0.1) is 13.0 Å². The minimum Gasteiger partial charge on any atom is -0.612 e. The zero-order valence-electron chi connectivity index (χ0n) is 19.1. The number of carbonyl (C=O) groups excluding carboxylic acids is 1. The fraction of sp³-hybridized carbons (Fsp3) is 0.346. The van der Waals surface area contributed by atoms with Crippen LogP contribution in [-0.4, -0.2) is 41.9 Å². The standard InChI is InChI=1S/C26H27FO5S/c1-16-22(11-17-5-8-20(9-6-17)33(4)29)21-10-7-18(27)12-24(21)23(16)13-25(28)30-14-19-15-31-26(2,3)32-19/h5-12,19H,13-15H2,1-4H3. The quantitative estimate of drug-likeness (QED) is 0.440. The molecule has 0 radical (unpaired) electrons. The maximum atomic E-state index is 14.1. The van der Waals surface area contributed by atoms with Crippen molar-refractivity contribution >= 4 is 34.4 Å². The van der Waals surface area contributed by atoms with Crippen molar-refractivity contribution < 1.29 is 27.9 Å². The molecule has 0 N–H and O–H groups in total. The van der Waals surface area contributed by atoms with Gasteiger partial charge < -0.3 is 18.8 Å². The molecule has 0 bridgehead atoms. The lowest BCUT2D eigenvalue weighted by Gasteiger charge is -2.17. The van der Waals surface area contributed by atoms with E-state index in [0.29, 0.717) is 12.2 Å². The number of rotatable bonds is 6. The monoisotopic (exact) mass is 470 g/mol. The van der Waals surface area contributed by atoms with E-state index in [-0.39, 0.29) is 24.9 Å². The van der Waals surface area contributed by atoms with Gasteiger partial charge in [-0.15, -0.1) is 0 Å². The van der Waals surface area contributed by atoms with Crippen LogP contribution >= 0.6 is 0 Å². The zero-order chi connectivity index (χ0) is 23.8. The fourth-order valence-electron chi connectivity index (χ4n) is 4.13. The molecule has 2 aliphatic rings. The number of fused-ring (bicyclic) bond motifs is 1. The molecule has 7 heteroatoms. The molecule has 1 fully saturated rings. The van der Waals surface area contributed by atoms with Crippen molar-refractivity contribution in [1.29, 1.82) is 0 Å². The molecule has 0 amide bonds. The van der Waals surface area contributed by atoms with Gasteiger partial charge in [0.1, 0.15) is 24.8 Å². The second kappa shape index (κ2) is 9.43. The average molecular weight is 471 g/mol. The minimum atomic E-state index is -1.05. The van der Waals surface area contributed by atoms with Gasteiger partial charge in [-0.3, -0.25) is 4.79 Å². The van der Waals surface area contributed by atoms with Gasteiger partial charge in [-0.25, -0.2) is 4.39 Å². The van der Waals surface area contributed by atoms with Gasteiger partial charge in [0.25, 0.3) is 0 Å². The Morgan fingerprint density at radius 2 is 1.97 bits per heavy atom. The number of benzene rings is 2. The third-order valence-electron chi connectivity index (χ3n) is 5.80. The first-order chi connectivity index (χ1) is 15.6. The van der Waals surface area contributed by atoms with Crippen molar-refractivity contribution in [3.63, 3.8) is 0 Å². The summed E-state index contributed by atoms with van der Waals surface area (Å²) in [6, 6.07) is 12.1. The summed E-state index contributed by atoms with van der Waals surface area (Å²) in [4.78, 5) is 13.4. The molecule has 0 saturated carbocycles. The van der Waals surface area contributed by atoms with E-state index in [9.17, 15) is 13.7 Å². The van der Waals surface area contributed by atoms with Crippen LogP contribution in [0.25, 0.3) is 17.2 Å². The predicted octanol–water partition coefficient (Wildman–Crippen LogP) is 4.98. The first kappa shape index (κ1) is 23.7. The Labute approximate surface area is 196 Å². The normalized spacial score (nSPS) is 21.4. The van der Waals surface area contributed by atoms with Gasteiger partial charge in [0.15, 0.2) is 10.7 Å². The molecule has 2 atom stereocenters. The van der Waals surface area contributed by atoms with Crippen LogP contribution in [0.3, 0.4) is 0 Å². The molecule has 174 valence electrons. The summed E-state index contributed by atoms with van der Waals surface area (Å²) in [5, 5.41) is 0. The van der Waals surface area contributed by atoms with Crippen molar-refractivity contribution in [1.82, 2.24) is 0 Å². The van der Waals surface area contributed by atoms with Gasteiger partial charge in [-0.05, 0) is 108 Å². The van der Waals surface area contributed by atoms with Crippen LogP contribution in [0.2, 0.25) is 0 Å². The van der Waals surface area contributed by atoms with Crippen molar-refractivity contribution in [3.8, 4) is 0 Å². The molecule has 1 aliphatic heterocycles. The SMILES string of the molecule is CC1=C(CC(=O)OCC2COC(C)(C)O2)c2cc(F)ccc2C1=Cc1ccc([S+](C)[O-])cc1. The van der Waals surface area contributed by atoms with E-state index in [1.807, 2.05) is 51.1 Å². The van der Waals surface area contributed by atoms with Crippen LogP contribution in [0.1, 0.15) is 43.9 Å². The molecule has 1 aliphatic carbocycles. The smallest absolute Gasteiger partial charge is 0.310 e. The Balaban J connectivity index is 1.55. The van der Waals surface area contributed by atoms with Gasteiger partial charge in [0, 0.05) is 0 Å². The molecular formula is C26H27FO5S. The first-order valence-corrected chi connectivity index (χ1v) is 12.3. The minimum absolute atomic E-state index is 0.0321. The van der Waals surface area contributed by atoms with Crippen molar-refractivity contribution in [2.45, 2.75) is 44.0 Å². The topological polar surface area (TPSA) is 67.8 Å². The lowest BCUT2D eigenvalue weighted by molar-refractivity contribution is -0.157. The van der Waals surface area contributed by atoms with Crippen LogP contribution in [0, 0.1) is 5.82 Å². The molecule has 1 heterocycles. The maximum Gasteiger partial charge on any atom is 0.310 e. The fourth-order valence-corrected chi connectivity index (χ4v) is 4.65. The molecule has 4 rings (SSSR count). The Bertz CT molecular complexity index is 1120. The number of hydrogen-bond donors (Lipinski definition) is 0. The van der Waals surface area contributed by atoms with Crippen molar-refractivity contribution in [2.24, 2.45) is 0 Å². The maximum absolute atomic E-state index is 14.1. The van der Waals surface area contributed by atoms with E-state index < -0.39 is 22.9 Å². The number of ether oxygens (including phenoxy) is 3. The van der Waals surface area contributed by atoms with E-state index in [4.69, 9.17) is 14.2 Å². The second-order valence-electron chi connectivity index (χ2n) is 8.69. The van der Waals surface area contributed by atoms with E-state index >= 15 is 0 Å². The molecular weight excluding hydrogens is 443 g/mol. The Hall–Kier alpha value is -2.45. The molecule has 33 heavy (non-hydrogen) atoms. The lowest BCUT2D eigenvalue weighted by Crippen LogP contribution is -2.25. The molecule has 2 aromatic carbocycles. The Morgan fingerprint density at radius 1 is 1.24 bits per heavy atom. The summed E-state index contributed by atoms with van der Waals surface area (Å²) < 4.78 is 42.4. The van der Waals surface area contributed by atoms with E-state index in [1.165, 1.54) is 12.1 Å². The molecule has 1 saturated heterocycles. The van der Waals surface area contributed by atoms with Gasteiger partial charge in [-0.2, -0.15) is 0 Å². The highest BCUT2D eigenvalue weighted by Gasteiger charge is 2.33. The highest BCUT2D eigenvalue weighted by atomic mass is 32.2. The largest absolute Gasteiger partial charge is 0.612 e. The summed E-state index contributed by atoms with van der Waals surface area (Å²) in [5.74, 6) is -1.44. The summed E-state index contributed by atoms with van der Waals surface area (Å²) in [5.41, 5.74) is 5.07. The number of hydrogen-bond acceptors (Lipinski definition) is 5. The lowest BCUT2D eigenvalue weighted by atomic mass is 10.0. The Morgan fingerprint density at radius 3 is 2.61 bits per heavy atom. The number of esters is 1. The van der Waals surface area contributed by atoms with Gasteiger partial charge >= 0.3 is 5.97 Å². The second-order valence-corrected chi connectivity index (χ2v) is 10.1. The third-order valence-corrected chi connectivity index (χ3v) is 6.73. The van der Waals surface area contributed by atoms with Crippen LogP contribution < -0.4 is 0 Å². The van der Waals surface area contributed by atoms with Crippen LogP contribution in [-0.2, 0) is 30.2 Å². The molecule has 0 spiro atoms. The summed E-state index contributed by atoms with van der Waals surface area (Å²) in [7, 11) is 0. The number of allylic oxidation sites excluding steroid dienone is 2. The van der Waals surface area contributed by atoms with Crippen LogP contribution in [0.5, 0.6) is 0 Å². The highest BCUT2D eigenvalue weighted by molar-refractivity contribution is 7.90. The summed E-state index contributed by atoms with van der Waals surface area (Å²) >= 11 is -1.05. The molecule has 2 aromatic rings. The van der Waals surface area contributed by atoms with Crippen molar-refractivity contribution in [2.75, 3.05) is 19.5 Å². The number of carbonyl (C=O) groups is 1. The Kier molecular flexibility index (Phi) is 6.77. The zero-order valence-corrected chi connectivity index (χ0v) is 20.0. The van der Waals surface area contributed by atoms with Gasteiger partial charge in [0.2, 0.25) is 0 Å². The molecule has 5 nitrogen and oxygen atoms in total. The van der Waals surface area contributed by atoms with E-state index in [0.717, 1.165) is 32.7 Å². The summed E-state index contributed by atoms with van der Waals surface area (Å²) in [6.07, 6.45) is 3.37. The molecule has 2 unspecified atom stereocenters. The third kappa shape index (κ3) is 5.38. The predicted molar refractivity (Wildman–Crippen MR) is 126 cm³/mol. The highest BCUT2D eigenvalue weighted by Crippen LogP contribution is 2.44. The van der Waals surface area contributed by atoms with Crippen LogP contribution in [0.15, 0.2) is 52.9 Å². The van der Waals surface area contributed by atoms with E-state index in [1.54, 1.807) is 12.3 Å². The molecule has 0 aromatic heterocycles. The number of halogens is 1. The van der Waals surface area contributed by atoms with Crippen molar-refractivity contribution in [3.05, 3.63) is 70.5 Å². The summed E-state index contributed by atoms with van der Waals surface area (Å²) in [6.45, 7) is 6.04. The van der Waals surface area contributed by atoms with Gasteiger partial charge in [-0.1, -0.05) is 6.07 Å². The first-order valence-electron chi connectivity index (χ1n) is 10.8. The van der Waals surface area contributed by atoms with Crippen LogP contribution in [0.4, 0.5) is 4.39 Å². The van der Waals surface area contributed by atoms with E-state index in [2.05, 4.69) is 0 Å². The average Bonchev–Trinajstić information content (AvgIpc) is 3.24.